The fourth-order valence-corrected chi connectivity index (χ4v) is 4.19. The number of para-hydroxylation sites is 1. The number of aromatic nitrogens is 1. The number of benzene rings is 1. The Morgan fingerprint density at radius 2 is 1.87 bits per heavy atom. The highest BCUT2D eigenvalue weighted by Gasteiger charge is 2.24. The van der Waals surface area contributed by atoms with E-state index in [2.05, 4.69) is 37.2 Å². The van der Waals surface area contributed by atoms with Crippen molar-refractivity contribution in [3.63, 3.8) is 0 Å². The molecule has 0 atom stereocenters. The van der Waals surface area contributed by atoms with Crippen LogP contribution in [0, 0.1) is 0 Å². The van der Waals surface area contributed by atoms with Crippen LogP contribution in [0.1, 0.15) is 18.4 Å². The van der Waals surface area contributed by atoms with E-state index in [4.69, 9.17) is 0 Å². The van der Waals surface area contributed by atoms with Crippen LogP contribution in [0.3, 0.4) is 0 Å². The number of anilines is 2. The first-order valence-electron chi connectivity index (χ1n) is 10.8. The van der Waals surface area contributed by atoms with Crippen molar-refractivity contribution in [3.05, 3.63) is 54.2 Å². The van der Waals surface area contributed by atoms with E-state index < -0.39 is 0 Å². The van der Waals surface area contributed by atoms with Gasteiger partial charge in [0, 0.05) is 64.6 Å². The van der Waals surface area contributed by atoms with E-state index in [1.54, 1.807) is 0 Å². The summed E-state index contributed by atoms with van der Waals surface area (Å²) in [5, 5.41) is 3.43. The Hall–Kier alpha value is -3.09. The number of carbonyl (C=O) groups is 1. The number of rotatable bonds is 5. The van der Waals surface area contributed by atoms with E-state index >= 15 is 0 Å². The van der Waals surface area contributed by atoms with Gasteiger partial charge in [0.1, 0.15) is 5.82 Å². The quantitative estimate of drug-likeness (QED) is 0.468. The van der Waals surface area contributed by atoms with Gasteiger partial charge in [0.15, 0.2) is 5.96 Å². The lowest BCUT2D eigenvalue weighted by atomic mass is 10.2. The molecule has 1 aromatic heterocycles. The molecule has 158 valence electrons. The van der Waals surface area contributed by atoms with Crippen LogP contribution in [-0.4, -0.2) is 68.1 Å². The number of piperazine rings is 1. The van der Waals surface area contributed by atoms with E-state index in [0.717, 1.165) is 69.6 Å². The second kappa shape index (κ2) is 9.61. The molecule has 0 bridgehead atoms. The van der Waals surface area contributed by atoms with Gasteiger partial charge in [-0.1, -0.05) is 24.3 Å². The summed E-state index contributed by atoms with van der Waals surface area (Å²) < 4.78 is 0. The molecule has 1 N–H and O–H groups in total. The smallest absolute Gasteiger partial charge is 0.227 e. The summed E-state index contributed by atoms with van der Waals surface area (Å²) in [7, 11) is 1.82. The highest BCUT2D eigenvalue weighted by atomic mass is 16.2. The van der Waals surface area contributed by atoms with Gasteiger partial charge in [-0.05, 0) is 36.6 Å². The van der Waals surface area contributed by atoms with Gasteiger partial charge >= 0.3 is 0 Å². The molecule has 30 heavy (non-hydrogen) atoms. The third-order valence-corrected chi connectivity index (χ3v) is 5.80. The van der Waals surface area contributed by atoms with Crippen LogP contribution in [0.25, 0.3) is 0 Å². The van der Waals surface area contributed by atoms with Crippen molar-refractivity contribution in [2.75, 3.05) is 56.1 Å². The number of pyridine rings is 1. The van der Waals surface area contributed by atoms with Gasteiger partial charge in [-0.3, -0.25) is 9.79 Å². The Balaban J connectivity index is 1.20. The van der Waals surface area contributed by atoms with E-state index in [-0.39, 0.29) is 5.91 Å². The third-order valence-electron chi connectivity index (χ3n) is 5.80. The molecule has 1 amide bonds. The van der Waals surface area contributed by atoms with Gasteiger partial charge in [0.05, 0.1) is 0 Å². The SMILES string of the molecule is CN=C(NCCCC(=O)N1CCc2ccccc21)N1CCN(c2ccccn2)CC1. The number of hydrogen-bond acceptors (Lipinski definition) is 4. The number of amides is 1. The predicted molar refractivity (Wildman–Crippen MR) is 121 cm³/mol. The Labute approximate surface area is 178 Å². The van der Waals surface area contributed by atoms with Crippen molar-refractivity contribution in [2.45, 2.75) is 19.3 Å². The third kappa shape index (κ3) is 4.56. The number of nitrogens with one attached hydrogen (secondary N) is 1. The highest BCUT2D eigenvalue weighted by molar-refractivity contribution is 5.95. The van der Waals surface area contributed by atoms with E-state index in [9.17, 15) is 4.79 Å². The lowest BCUT2D eigenvalue weighted by Gasteiger charge is -2.37. The number of aliphatic imine (C=N–C) groups is 1. The van der Waals surface area contributed by atoms with Crippen LogP contribution in [0.4, 0.5) is 11.5 Å². The number of nitrogens with zero attached hydrogens (tertiary/aromatic N) is 5. The van der Waals surface area contributed by atoms with Crippen molar-refractivity contribution in [1.29, 1.82) is 0 Å². The maximum atomic E-state index is 12.6. The Bertz CT molecular complexity index is 876. The number of guanidine groups is 1. The minimum atomic E-state index is 0.209. The van der Waals surface area contributed by atoms with Crippen molar-refractivity contribution in [1.82, 2.24) is 15.2 Å². The first-order chi connectivity index (χ1) is 14.8. The van der Waals surface area contributed by atoms with Crippen molar-refractivity contribution in [3.8, 4) is 0 Å². The molecule has 0 unspecified atom stereocenters. The Kier molecular flexibility index (Phi) is 6.47. The molecule has 0 spiro atoms. The normalized spacial score (nSPS) is 16.6. The zero-order chi connectivity index (χ0) is 20.8. The van der Waals surface area contributed by atoms with Gasteiger partial charge in [0.2, 0.25) is 5.91 Å². The maximum absolute atomic E-state index is 12.6. The lowest BCUT2D eigenvalue weighted by molar-refractivity contribution is -0.118. The minimum absolute atomic E-state index is 0.209. The molecule has 1 saturated heterocycles. The summed E-state index contributed by atoms with van der Waals surface area (Å²) >= 11 is 0. The lowest BCUT2D eigenvalue weighted by Crippen LogP contribution is -2.52. The van der Waals surface area contributed by atoms with Gasteiger partial charge in [-0.2, -0.15) is 0 Å². The monoisotopic (exact) mass is 406 g/mol. The summed E-state index contributed by atoms with van der Waals surface area (Å²) in [5.41, 5.74) is 2.35. The molecule has 4 rings (SSSR count). The van der Waals surface area contributed by atoms with Crippen LogP contribution in [-0.2, 0) is 11.2 Å². The van der Waals surface area contributed by atoms with E-state index in [1.165, 1.54) is 5.56 Å². The summed E-state index contributed by atoms with van der Waals surface area (Å²) in [4.78, 5) is 28.0. The second-order valence-corrected chi connectivity index (χ2v) is 7.66. The first-order valence-corrected chi connectivity index (χ1v) is 10.8. The molecular weight excluding hydrogens is 376 g/mol. The van der Waals surface area contributed by atoms with Crippen LogP contribution in [0.15, 0.2) is 53.7 Å². The van der Waals surface area contributed by atoms with E-state index in [1.807, 2.05) is 48.5 Å². The number of hydrogen-bond donors (Lipinski definition) is 1. The average Bonchev–Trinajstić information content (AvgIpc) is 3.24. The predicted octanol–water partition coefficient (Wildman–Crippen LogP) is 2.15. The molecule has 7 nitrogen and oxygen atoms in total. The summed E-state index contributed by atoms with van der Waals surface area (Å²) in [6.07, 6.45) is 4.14. The molecular formula is C23H30N6O. The average molecular weight is 407 g/mol. The van der Waals surface area contributed by atoms with Crippen LogP contribution in [0.5, 0.6) is 0 Å². The molecule has 2 aromatic rings. The molecule has 0 radical (unpaired) electrons. The van der Waals surface area contributed by atoms with Crippen LogP contribution < -0.4 is 15.1 Å². The fourth-order valence-electron chi connectivity index (χ4n) is 4.19. The Morgan fingerprint density at radius 3 is 2.63 bits per heavy atom. The van der Waals surface area contributed by atoms with Crippen LogP contribution >= 0.6 is 0 Å². The van der Waals surface area contributed by atoms with Crippen LogP contribution in [0.2, 0.25) is 0 Å². The van der Waals surface area contributed by atoms with Gasteiger partial charge in [0.25, 0.3) is 0 Å². The molecule has 1 aromatic carbocycles. The molecule has 0 saturated carbocycles. The molecule has 7 heteroatoms. The van der Waals surface area contributed by atoms with Crippen molar-refractivity contribution >= 4 is 23.4 Å². The van der Waals surface area contributed by atoms with Gasteiger partial charge in [-0.15, -0.1) is 0 Å². The standard InChI is InChI=1S/C23H30N6O/c1-24-23(28-17-15-27(16-18-28)21-9-4-5-12-25-21)26-13-6-10-22(30)29-14-11-19-7-2-3-8-20(19)29/h2-5,7-9,12H,6,10-11,13-18H2,1H3,(H,24,26). The van der Waals surface area contributed by atoms with Crippen molar-refractivity contribution in [2.24, 2.45) is 4.99 Å². The molecule has 1 fully saturated rings. The van der Waals surface area contributed by atoms with Gasteiger partial charge in [-0.25, -0.2) is 4.98 Å². The molecule has 3 heterocycles. The zero-order valence-electron chi connectivity index (χ0n) is 17.6. The number of carbonyl (C=O) groups excluding carboxylic acids is 1. The molecule has 0 aliphatic carbocycles. The Morgan fingerprint density at radius 1 is 1.07 bits per heavy atom. The summed E-state index contributed by atoms with van der Waals surface area (Å²) in [6.45, 7) is 5.19. The van der Waals surface area contributed by atoms with E-state index in [0.29, 0.717) is 6.42 Å². The number of fused-ring (bicyclic) bond motifs is 1. The summed E-state index contributed by atoms with van der Waals surface area (Å²) in [6, 6.07) is 14.2. The largest absolute Gasteiger partial charge is 0.356 e. The topological polar surface area (TPSA) is 64.1 Å². The maximum Gasteiger partial charge on any atom is 0.227 e. The zero-order valence-corrected chi connectivity index (χ0v) is 17.6. The fraction of sp³-hybridized carbons (Fsp3) is 0.435. The molecule has 2 aliphatic heterocycles. The minimum Gasteiger partial charge on any atom is -0.356 e. The first kappa shape index (κ1) is 20.2. The second-order valence-electron chi connectivity index (χ2n) is 7.66. The molecule has 2 aliphatic rings. The highest BCUT2D eigenvalue weighted by Crippen LogP contribution is 2.28. The van der Waals surface area contributed by atoms with Crippen molar-refractivity contribution < 1.29 is 4.79 Å². The van der Waals surface area contributed by atoms with Gasteiger partial charge < -0.3 is 20.0 Å². The summed E-state index contributed by atoms with van der Waals surface area (Å²) in [5.74, 6) is 2.15.